The first kappa shape index (κ1) is 20.9. The molecule has 5 nitrogen and oxygen atoms in total. The van der Waals surface area contributed by atoms with Gasteiger partial charge in [0.15, 0.2) is 11.5 Å². The molecular formula is C23H20INO4. The molecule has 3 aromatic rings. The van der Waals surface area contributed by atoms with Crippen molar-refractivity contribution < 1.29 is 19.4 Å². The number of carboxylic acids is 1. The minimum atomic E-state index is -0.962. The van der Waals surface area contributed by atoms with Gasteiger partial charge in [0.1, 0.15) is 6.61 Å². The number of aromatic carboxylic acids is 1. The van der Waals surface area contributed by atoms with Crippen molar-refractivity contribution in [2.75, 3.05) is 7.11 Å². The summed E-state index contributed by atoms with van der Waals surface area (Å²) in [6.07, 6.45) is 1.79. The lowest BCUT2D eigenvalue weighted by Crippen LogP contribution is -2.01. The fraction of sp³-hybridized carbons (Fsp3) is 0.130. The van der Waals surface area contributed by atoms with Crippen LogP contribution in [0.4, 0.5) is 5.69 Å². The Morgan fingerprint density at radius 3 is 2.66 bits per heavy atom. The minimum absolute atomic E-state index is 0.232. The van der Waals surface area contributed by atoms with E-state index in [1.165, 1.54) is 3.57 Å². The summed E-state index contributed by atoms with van der Waals surface area (Å²) in [5.41, 5.74) is 3.93. The smallest absolute Gasteiger partial charge is 0.335 e. The summed E-state index contributed by atoms with van der Waals surface area (Å²) in [5, 5.41) is 9.10. The highest BCUT2D eigenvalue weighted by atomic mass is 127. The molecule has 0 unspecified atom stereocenters. The summed E-state index contributed by atoms with van der Waals surface area (Å²) < 4.78 is 12.5. The van der Waals surface area contributed by atoms with E-state index in [4.69, 9.17) is 14.6 Å². The zero-order chi connectivity index (χ0) is 20.8. The van der Waals surface area contributed by atoms with E-state index in [9.17, 15) is 4.79 Å². The molecular weight excluding hydrogens is 481 g/mol. The summed E-state index contributed by atoms with van der Waals surface area (Å²) in [4.78, 5) is 15.7. The van der Waals surface area contributed by atoms with Crippen LogP contribution in [0.25, 0.3) is 0 Å². The summed E-state index contributed by atoms with van der Waals surface area (Å²) in [7, 11) is 1.58. The predicted molar refractivity (Wildman–Crippen MR) is 122 cm³/mol. The van der Waals surface area contributed by atoms with Crippen molar-refractivity contribution in [1.29, 1.82) is 0 Å². The summed E-state index contributed by atoms with van der Waals surface area (Å²) in [6.45, 7) is 2.28. The first-order valence-corrected chi connectivity index (χ1v) is 9.97. The van der Waals surface area contributed by atoms with Gasteiger partial charge in [-0.25, -0.2) is 4.79 Å². The molecule has 0 spiro atoms. The van der Waals surface area contributed by atoms with Crippen LogP contribution in [0.3, 0.4) is 0 Å². The topological polar surface area (TPSA) is 68.1 Å². The lowest BCUT2D eigenvalue weighted by molar-refractivity contribution is 0.0696. The normalized spacial score (nSPS) is 10.9. The van der Waals surface area contributed by atoms with Crippen molar-refractivity contribution in [3.8, 4) is 11.5 Å². The van der Waals surface area contributed by atoms with Crippen molar-refractivity contribution in [1.82, 2.24) is 0 Å². The molecule has 0 aromatic heterocycles. The maximum atomic E-state index is 11.1. The van der Waals surface area contributed by atoms with Gasteiger partial charge in [-0.1, -0.05) is 12.1 Å². The van der Waals surface area contributed by atoms with Gasteiger partial charge < -0.3 is 14.6 Å². The van der Waals surface area contributed by atoms with E-state index < -0.39 is 5.97 Å². The van der Waals surface area contributed by atoms with Gasteiger partial charge in [0.05, 0.1) is 18.4 Å². The van der Waals surface area contributed by atoms with Crippen LogP contribution in [0.15, 0.2) is 65.7 Å². The monoisotopic (exact) mass is 501 g/mol. The Balaban J connectivity index is 1.74. The van der Waals surface area contributed by atoms with Crippen molar-refractivity contribution in [3.63, 3.8) is 0 Å². The molecule has 3 rings (SSSR count). The van der Waals surface area contributed by atoms with Gasteiger partial charge in [0, 0.05) is 9.78 Å². The van der Waals surface area contributed by atoms with Crippen LogP contribution in [0.2, 0.25) is 0 Å². The molecule has 0 aliphatic carbocycles. The number of aliphatic imine (C=N–C) groups is 1. The number of halogens is 1. The number of nitrogens with zero attached hydrogens (tertiary/aromatic N) is 1. The minimum Gasteiger partial charge on any atom is -0.493 e. The number of rotatable bonds is 7. The zero-order valence-electron chi connectivity index (χ0n) is 16.1. The molecule has 0 fully saturated rings. The van der Waals surface area contributed by atoms with E-state index in [0.717, 1.165) is 22.4 Å². The number of methoxy groups -OCH3 is 1. The summed E-state index contributed by atoms with van der Waals surface area (Å²) in [6, 6.07) is 18.4. The summed E-state index contributed by atoms with van der Waals surface area (Å²) in [5.74, 6) is 0.204. The molecule has 0 saturated heterocycles. The van der Waals surface area contributed by atoms with Crippen LogP contribution < -0.4 is 9.47 Å². The second-order valence-electron chi connectivity index (χ2n) is 6.39. The number of carboxylic acid groups (broad SMARTS) is 1. The highest BCUT2D eigenvalue weighted by molar-refractivity contribution is 14.1. The van der Waals surface area contributed by atoms with Crippen molar-refractivity contribution in [2.24, 2.45) is 4.99 Å². The Hall–Kier alpha value is -2.87. The number of hydrogen-bond donors (Lipinski definition) is 1. The van der Waals surface area contributed by atoms with Crippen LogP contribution >= 0.6 is 22.6 Å². The molecule has 0 saturated carbocycles. The van der Waals surface area contributed by atoms with Crippen molar-refractivity contribution in [2.45, 2.75) is 13.5 Å². The molecule has 0 bridgehead atoms. The molecule has 0 aliphatic heterocycles. The quantitative estimate of drug-likeness (QED) is 0.336. The van der Waals surface area contributed by atoms with Crippen LogP contribution in [0.5, 0.6) is 11.5 Å². The standard InChI is InChI=1S/C23H20INO4/c1-15-10-19(24)7-8-20(15)25-13-16-6-9-21(22(12-16)28-2)29-14-17-4-3-5-18(11-17)23(26)27/h3-13H,14H2,1-2H3,(H,26,27). The van der Waals surface area contributed by atoms with Crippen LogP contribution in [-0.4, -0.2) is 24.4 Å². The lowest BCUT2D eigenvalue weighted by atomic mass is 10.1. The van der Waals surface area contributed by atoms with Gasteiger partial charge in [0.25, 0.3) is 0 Å². The van der Waals surface area contributed by atoms with E-state index in [1.807, 2.05) is 43.3 Å². The molecule has 29 heavy (non-hydrogen) atoms. The van der Waals surface area contributed by atoms with Gasteiger partial charge in [-0.15, -0.1) is 0 Å². The maximum absolute atomic E-state index is 11.1. The highest BCUT2D eigenvalue weighted by Gasteiger charge is 2.08. The van der Waals surface area contributed by atoms with Crippen LogP contribution in [-0.2, 0) is 6.61 Å². The van der Waals surface area contributed by atoms with Gasteiger partial charge in [-0.05, 0) is 94.7 Å². The fourth-order valence-corrected chi connectivity index (χ4v) is 3.39. The third-order valence-electron chi connectivity index (χ3n) is 4.27. The molecule has 0 atom stereocenters. The number of ether oxygens (including phenoxy) is 2. The molecule has 6 heteroatoms. The van der Waals surface area contributed by atoms with E-state index in [0.29, 0.717) is 11.5 Å². The molecule has 0 aliphatic rings. The average molecular weight is 501 g/mol. The Labute approximate surface area is 183 Å². The highest BCUT2D eigenvalue weighted by Crippen LogP contribution is 2.29. The second kappa shape index (κ2) is 9.56. The van der Waals surface area contributed by atoms with Gasteiger partial charge >= 0.3 is 5.97 Å². The molecule has 1 N–H and O–H groups in total. The first-order valence-electron chi connectivity index (χ1n) is 8.89. The Morgan fingerprint density at radius 2 is 1.93 bits per heavy atom. The van der Waals surface area contributed by atoms with Gasteiger partial charge in [0.2, 0.25) is 0 Å². The molecule has 0 heterocycles. The zero-order valence-corrected chi connectivity index (χ0v) is 18.2. The number of carbonyl (C=O) groups is 1. The molecule has 148 valence electrons. The van der Waals surface area contributed by atoms with Gasteiger partial charge in [-0.2, -0.15) is 0 Å². The Bertz CT molecular complexity index is 1060. The fourth-order valence-electron chi connectivity index (χ4n) is 2.75. The number of benzene rings is 3. The van der Waals surface area contributed by atoms with Gasteiger partial charge in [-0.3, -0.25) is 4.99 Å². The third kappa shape index (κ3) is 5.57. The van der Waals surface area contributed by atoms with E-state index in [1.54, 1.807) is 31.5 Å². The predicted octanol–water partition coefficient (Wildman–Crippen LogP) is 5.64. The Morgan fingerprint density at radius 1 is 1.10 bits per heavy atom. The molecule has 0 radical (unpaired) electrons. The largest absolute Gasteiger partial charge is 0.493 e. The van der Waals surface area contributed by atoms with E-state index >= 15 is 0 Å². The molecule has 0 amide bonds. The third-order valence-corrected chi connectivity index (χ3v) is 4.94. The second-order valence-corrected chi connectivity index (χ2v) is 7.64. The number of hydrogen-bond acceptors (Lipinski definition) is 4. The van der Waals surface area contributed by atoms with Crippen molar-refractivity contribution >= 4 is 40.5 Å². The first-order chi connectivity index (χ1) is 14.0. The van der Waals surface area contributed by atoms with Crippen LogP contribution in [0, 0.1) is 10.5 Å². The SMILES string of the molecule is COc1cc(C=Nc2ccc(I)cc2C)ccc1OCc1cccc(C(=O)O)c1. The maximum Gasteiger partial charge on any atom is 0.335 e. The van der Waals surface area contributed by atoms with Crippen LogP contribution in [0.1, 0.15) is 27.0 Å². The number of aryl methyl sites for hydroxylation is 1. The average Bonchev–Trinajstić information content (AvgIpc) is 2.72. The molecule has 3 aromatic carbocycles. The van der Waals surface area contributed by atoms with Crippen molar-refractivity contribution in [3.05, 3.63) is 86.5 Å². The van der Waals surface area contributed by atoms with E-state index in [-0.39, 0.29) is 12.2 Å². The van der Waals surface area contributed by atoms with E-state index in [2.05, 4.69) is 33.6 Å². The summed E-state index contributed by atoms with van der Waals surface area (Å²) >= 11 is 2.28. The Kier molecular flexibility index (Phi) is 6.87. The lowest BCUT2D eigenvalue weighted by Gasteiger charge is -2.11.